The summed E-state index contributed by atoms with van der Waals surface area (Å²) in [6.45, 7) is 2.25. The van der Waals surface area contributed by atoms with Crippen LogP contribution in [0.2, 0.25) is 0 Å². The molecule has 2 aromatic rings. The minimum atomic E-state index is -0.226. The van der Waals surface area contributed by atoms with Crippen LogP contribution in [0.3, 0.4) is 0 Å². The summed E-state index contributed by atoms with van der Waals surface area (Å²) in [5.74, 6) is 1.31. The molecule has 1 aliphatic carbocycles. The summed E-state index contributed by atoms with van der Waals surface area (Å²) in [5.41, 5.74) is 1.79. The first-order valence-corrected chi connectivity index (χ1v) is 8.26. The Morgan fingerprint density at radius 2 is 2.10 bits per heavy atom. The molecule has 0 amide bonds. The van der Waals surface area contributed by atoms with Gasteiger partial charge in [0.1, 0.15) is 11.6 Å². The molecule has 5 heteroatoms. The summed E-state index contributed by atoms with van der Waals surface area (Å²) < 4.78 is 15.7. The van der Waals surface area contributed by atoms with Crippen molar-refractivity contribution in [3.05, 3.63) is 29.8 Å². The van der Waals surface area contributed by atoms with E-state index in [0.29, 0.717) is 11.9 Å². The van der Waals surface area contributed by atoms with Crippen molar-refractivity contribution in [1.29, 1.82) is 0 Å². The molecule has 1 atom stereocenters. The number of aryl methyl sites for hydroxylation is 1. The Balaban J connectivity index is 1.73. The number of halogens is 2. The summed E-state index contributed by atoms with van der Waals surface area (Å²) in [4.78, 5) is 7.20. The maximum atomic E-state index is 13.4. The summed E-state index contributed by atoms with van der Waals surface area (Å²) in [6.07, 6.45) is 4.57. The zero-order chi connectivity index (χ0) is 14.4. The third kappa shape index (κ3) is 2.44. The van der Waals surface area contributed by atoms with Crippen molar-refractivity contribution in [2.24, 2.45) is 0 Å². The van der Waals surface area contributed by atoms with Crippen LogP contribution >= 0.6 is 11.6 Å². The number of benzene rings is 1. The number of nitrogens with zero attached hydrogens (tertiary/aromatic N) is 3. The smallest absolute Gasteiger partial charge is 0.125 e. The summed E-state index contributed by atoms with van der Waals surface area (Å²) in [6, 6.07) is 6.16. The second kappa shape index (κ2) is 5.25. The molecule has 0 bridgehead atoms. The molecular weight excluding hydrogens is 289 g/mol. The second-order valence-corrected chi connectivity index (χ2v) is 6.52. The van der Waals surface area contributed by atoms with Crippen LogP contribution in [0.5, 0.6) is 0 Å². The van der Waals surface area contributed by atoms with E-state index in [0.717, 1.165) is 48.8 Å². The number of rotatable bonds is 4. The van der Waals surface area contributed by atoms with Gasteiger partial charge in [0, 0.05) is 43.5 Å². The Kier molecular flexibility index (Phi) is 3.38. The van der Waals surface area contributed by atoms with Gasteiger partial charge in [-0.25, -0.2) is 9.37 Å². The number of aromatic nitrogens is 2. The van der Waals surface area contributed by atoms with Crippen LogP contribution in [0.15, 0.2) is 18.2 Å². The number of hydrogen-bond donors (Lipinski definition) is 0. The molecular formula is C16H19ClFN3. The molecule has 3 nitrogen and oxygen atoms in total. The van der Waals surface area contributed by atoms with Crippen LogP contribution < -0.4 is 0 Å². The summed E-state index contributed by atoms with van der Waals surface area (Å²) in [5, 5.41) is 0. The highest BCUT2D eigenvalue weighted by Gasteiger charge is 2.35. The lowest BCUT2D eigenvalue weighted by Crippen LogP contribution is -2.24. The van der Waals surface area contributed by atoms with Gasteiger partial charge < -0.3 is 4.57 Å². The SMILES string of the molecule is Fc1ccc2c(c1)nc(CCCl)n2C1CCN(C2CC2)C1. The molecule has 1 aliphatic heterocycles. The highest BCUT2D eigenvalue weighted by atomic mass is 35.5. The van der Waals surface area contributed by atoms with E-state index in [2.05, 4.69) is 14.5 Å². The standard InChI is InChI=1S/C16H19ClFN3/c17-7-5-16-19-14-9-11(18)1-4-15(14)21(16)13-6-8-20(10-13)12-2-3-12/h1,4,9,12-13H,2-3,5-8,10H2. The maximum Gasteiger partial charge on any atom is 0.125 e. The quantitative estimate of drug-likeness (QED) is 0.808. The summed E-state index contributed by atoms with van der Waals surface area (Å²) in [7, 11) is 0. The normalized spacial score (nSPS) is 23.2. The monoisotopic (exact) mass is 307 g/mol. The average molecular weight is 308 g/mol. The average Bonchev–Trinajstić information content (AvgIpc) is 3.10. The van der Waals surface area contributed by atoms with Gasteiger partial charge in [0.2, 0.25) is 0 Å². The molecule has 0 radical (unpaired) electrons. The van der Waals surface area contributed by atoms with Gasteiger partial charge in [0.15, 0.2) is 0 Å². The number of likely N-dealkylation sites (tertiary alicyclic amines) is 1. The van der Waals surface area contributed by atoms with Crippen molar-refractivity contribution in [2.75, 3.05) is 19.0 Å². The van der Waals surface area contributed by atoms with Crippen LogP contribution in [0, 0.1) is 5.82 Å². The lowest BCUT2D eigenvalue weighted by atomic mass is 10.2. The van der Waals surface area contributed by atoms with Crippen LogP contribution in [-0.2, 0) is 6.42 Å². The number of fused-ring (bicyclic) bond motifs is 1. The Morgan fingerprint density at radius 1 is 1.24 bits per heavy atom. The van der Waals surface area contributed by atoms with Gasteiger partial charge in [-0.2, -0.15) is 0 Å². The van der Waals surface area contributed by atoms with E-state index >= 15 is 0 Å². The molecule has 2 fully saturated rings. The molecule has 1 saturated carbocycles. The van der Waals surface area contributed by atoms with Gasteiger partial charge in [-0.05, 0) is 31.4 Å². The Hall–Kier alpha value is -1.13. The fourth-order valence-corrected chi connectivity index (χ4v) is 3.71. The van der Waals surface area contributed by atoms with E-state index in [9.17, 15) is 4.39 Å². The fraction of sp³-hybridized carbons (Fsp3) is 0.562. The Labute approximate surface area is 128 Å². The number of imidazole rings is 1. The molecule has 1 unspecified atom stereocenters. The van der Waals surface area contributed by atoms with Gasteiger partial charge in [0.05, 0.1) is 11.0 Å². The first-order valence-electron chi connectivity index (χ1n) is 7.72. The molecule has 1 aromatic heterocycles. The molecule has 4 rings (SSSR count). The van der Waals surface area contributed by atoms with E-state index in [1.165, 1.54) is 25.0 Å². The minimum Gasteiger partial charge on any atom is -0.323 e. The zero-order valence-electron chi connectivity index (χ0n) is 11.9. The first-order chi connectivity index (χ1) is 10.3. The fourth-order valence-electron chi connectivity index (χ4n) is 3.54. The topological polar surface area (TPSA) is 21.1 Å². The van der Waals surface area contributed by atoms with Crippen molar-refractivity contribution < 1.29 is 4.39 Å². The highest BCUT2D eigenvalue weighted by Crippen LogP contribution is 2.35. The van der Waals surface area contributed by atoms with E-state index in [1.54, 1.807) is 0 Å². The van der Waals surface area contributed by atoms with E-state index in [4.69, 9.17) is 11.6 Å². The maximum absolute atomic E-state index is 13.4. The van der Waals surface area contributed by atoms with Gasteiger partial charge in [-0.3, -0.25) is 4.90 Å². The van der Waals surface area contributed by atoms with E-state index < -0.39 is 0 Å². The van der Waals surface area contributed by atoms with E-state index in [-0.39, 0.29) is 5.82 Å². The molecule has 2 heterocycles. The van der Waals surface area contributed by atoms with Gasteiger partial charge in [-0.1, -0.05) is 0 Å². The van der Waals surface area contributed by atoms with Gasteiger partial charge >= 0.3 is 0 Å². The lowest BCUT2D eigenvalue weighted by molar-refractivity contribution is 0.314. The molecule has 112 valence electrons. The van der Waals surface area contributed by atoms with Gasteiger partial charge in [-0.15, -0.1) is 11.6 Å². The molecule has 2 aliphatic rings. The number of hydrogen-bond acceptors (Lipinski definition) is 2. The largest absolute Gasteiger partial charge is 0.323 e. The molecule has 1 aromatic carbocycles. The molecule has 1 saturated heterocycles. The first kappa shape index (κ1) is 13.5. The molecule has 0 N–H and O–H groups in total. The molecule has 0 spiro atoms. The van der Waals surface area contributed by atoms with Crippen molar-refractivity contribution in [3.8, 4) is 0 Å². The Morgan fingerprint density at radius 3 is 2.86 bits per heavy atom. The zero-order valence-corrected chi connectivity index (χ0v) is 12.7. The van der Waals surface area contributed by atoms with Gasteiger partial charge in [0.25, 0.3) is 0 Å². The van der Waals surface area contributed by atoms with Crippen molar-refractivity contribution >= 4 is 22.6 Å². The van der Waals surface area contributed by atoms with Crippen molar-refractivity contribution in [1.82, 2.24) is 14.5 Å². The highest BCUT2D eigenvalue weighted by molar-refractivity contribution is 6.17. The summed E-state index contributed by atoms with van der Waals surface area (Å²) >= 11 is 5.92. The van der Waals surface area contributed by atoms with Crippen LogP contribution in [-0.4, -0.2) is 39.5 Å². The van der Waals surface area contributed by atoms with Crippen LogP contribution in [0.25, 0.3) is 11.0 Å². The third-order valence-corrected chi connectivity index (χ3v) is 4.85. The van der Waals surface area contributed by atoms with E-state index in [1.807, 2.05) is 6.07 Å². The minimum absolute atomic E-state index is 0.226. The number of alkyl halides is 1. The van der Waals surface area contributed by atoms with Crippen molar-refractivity contribution in [3.63, 3.8) is 0 Å². The molecule has 21 heavy (non-hydrogen) atoms. The van der Waals surface area contributed by atoms with Crippen LogP contribution in [0.1, 0.15) is 31.1 Å². The lowest BCUT2D eigenvalue weighted by Gasteiger charge is -2.18. The second-order valence-electron chi connectivity index (χ2n) is 6.14. The Bertz CT molecular complexity index is 665. The van der Waals surface area contributed by atoms with Crippen LogP contribution in [0.4, 0.5) is 4.39 Å². The predicted molar refractivity (Wildman–Crippen MR) is 82.4 cm³/mol. The predicted octanol–water partition coefficient (Wildman–Crippen LogP) is 3.37. The third-order valence-electron chi connectivity index (χ3n) is 4.67. The van der Waals surface area contributed by atoms with Crippen molar-refractivity contribution in [2.45, 2.75) is 37.8 Å².